The summed E-state index contributed by atoms with van der Waals surface area (Å²) in [5.41, 5.74) is 2.40. The summed E-state index contributed by atoms with van der Waals surface area (Å²) in [4.78, 5) is 1.42. The van der Waals surface area contributed by atoms with Gasteiger partial charge in [-0.3, -0.25) is 0 Å². The summed E-state index contributed by atoms with van der Waals surface area (Å²) in [5.74, 6) is 0.909. The number of methoxy groups -OCH3 is 1. The van der Waals surface area contributed by atoms with Crippen molar-refractivity contribution in [3.05, 3.63) is 46.2 Å². The molecule has 1 N–H and O–H groups in total. The number of aryl methyl sites for hydroxylation is 1. The number of thiophene rings is 1. The molecule has 0 atom stereocenters. The normalized spacial score (nSPS) is 10.2. The predicted octanol–water partition coefficient (Wildman–Crippen LogP) is 3.72. The molecule has 0 unspecified atom stereocenters. The number of benzene rings is 1. The van der Waals surface area contributed by atoms with Gasteiger partial charge in [-0.25, -0.2) is 0 Å². The van der Waals surface area contributed by atoms with E-state index >= 15 is 0 Å². The summed E-state index contributed by atoms with van der Waals surface area (Å²) in [6.45, 7) is 3.06. The van der Waals surface area contributed by atoms with Crippen molar-refractivity contribution in [1.29, 1.82) is 0 Å². The summed E-state index contributed by atoms with van der Waals surface area (Å²) >= 11 is 1.81. The van der Waals surface area contributed by atoms with Crippen LogP contribution in [0.15, 0.2) is 35.7 Å². The molecule has 0 aliphatic carbocycles. The fourth-order valence-electron chi connectivity index (χ4n) is 1.74. The van der Waals surface area contributed by atoms with Gasteiger partial charge in [-0.05, 0) is 48.6 Å². The lowest BCUT2D eigenvalue weighted by atomic mass is 10.2. The molecule has 90 valence electrons. The molecule has 0 bridgehead atoms. The van der Waals surface area contributed by atoms with Crippen LogP contribution in [0.25, 0.3) is 0 Å². The van der Waals surface area contributed by atoms with Gasteiger partial charge in [0, 0.05) is 17.1 Å². The Balaban J connectivity index is 1.90. The SMILES string of the molecule is COc1ccc(NCCc2cccs2)c(C)c1. The van der Waals surface area contributed by atoms with E-state index in [1.165, 1.54) is 16.1 Å². The van der Waals surface area contributed by atoms with E-state index < -0.39 is 0 Å². The third kappa shape index (κ3) is 3.24. The first-order valence-electron chi connectivity index (χ1n) is 5.70. The van der Waals surface area contributed by atoms with E-state index in [0.29, 0.717) is 0 Å². The summed E-state index contributed by atoms with van der Waals surface area (Å²) in [6.07, 6.45) is 1.07. The maximum absolute atomic E-state index is 5.19. The molecular formula is C14H17NOS. The number of hydrogen-bond acceptors (Lipinski definition) is 3. The van der Waals surface area contributed by atoms with Gasteiger partial charge in [0.15, 0.2) is 0 Å². The molecular weight excluding hydrogens is 230 g/mol. The summed E-state index contributed by atoms with van der Waals surface area (Å²) in [7, 11) is 1.69. The molecule has 3 heteroatoms. The van der Waals surface area contributed by atoms with Crippen LogP contribution in [0, 0.1) is 6.92 Å². The number of ether oxygens (including phenoxy) is 1. The topological polar surface area (TPSA) is 21.3 Å². The average molecular weight is 247 g/mol. The summed E-state index contributed by atoms with van der Waals surface area (Å²) in [5, 5.41) is 5.57. The molecule has 1 aromatic heterocycles. The summed E-state index contributed by atoms with van der Waals surface area (Å²) < 4.78 is 5.19. The predicted molar refractivity (Wildman–Crippen MR) is 74.2 cm³/mol. The summed E-state index contributed by atoms with van der Waals surface area (Å²) in [6, 6.07) is 10.4. The zero-order valence-corrected chi connectivity index (χ0v) is 11.0. The fraction of sp³-hybridized carbons (Fsp3) is 0.286. The van der Waals surface area contributed by atoms with E-state index in [9.17, 15) is 0 Å². The second-order valence-corrected chi connectivity index (χ2v) is 4.97. The lowest BCUT2D eigenvalue weighted by Gasteiger charge is -2.10. The van der Waals surface area contributed by atoms with Crippen molar-refractivity contribution in [2.24, 2.45) is 0 Å². The smallest absolute Gasteiger partial charge is 0.119 e. The van der Waals surface area contributed by atoms with Crippen LogP contribution in [0.4, 0.5) is 5.69 Å². The van der Waals surface area contributed by atoms with E-state index in [4.69, 9.17) is 4.74 Å². The molecule has 0 spiro atoms. The van der Waals surface area contributed by atoms with Crippen LogP contribution in [0.5, 0.6) is 5.75 Å². The Kier molecular flexibility index (Phi) is 4.04. The van der Waals surface area contributed by atoms with E-state index in [-0.39, 0.29) is 0 Å². The number of nitrogens with one attached hydrogen (secondary N) is 1. The molecule has 0 amide bonds. The van der Waals surface area contributed by atoms with Crippen molar-refractivity contribution in [2.75, 3.05) is 19.0 Å². The zero-order chi connectivity index (χ0) is 12.1. The largest absolute Gasteiger partial charge is 0.497 e. The van der Waals surface area contributed by atoms with Crippen LogP contribution in [-0.4, -0.2) is 13.7 Å². The minimum atomic E-state index is 0.909. The van der Waals surface area contributed by atoms with Crippen LogP contribution in [0.1, 0.15) is 10.4 Å². The Hall–Kier alpha value is -1.48. The van der Waals surface area contributed by atoms with Gasteiger partial charge in [-0.1, -0.05) is 6.07 Å². The van der Waals surface area contributed by atoms with Gasteiger partial charge in [-0.15, -0.1) is 11.3 Å². The first-order chi connectivity index (χ1) is 8.29. The third-order valence-corrected chi connectivity index (χ3v) is 3.64. The monoisotopic (exact) mass is 247 g/mol. The zero-order valence-electron chi connectivity index (χ0n) is 10.2. The van der Waals surface area contributed by atoms with Crippen LogP contribution >= 0.6 is 11.3 Å². The molecule has 0 radical (unpaired) electrons. The molecule has 0 fully saturated rings. The highest BCUT2D eigenvalue weighted by molar-refractivity contribution is 7.09. The maximum atomic E-state index is 5.19. The minimum Gasteiger partial charge on any atom is -0.497 e. The van der Waals surface area contributed by atoms with E-state index in [0.717, 1.165) is 18.7 Å². The second-order valence-electron chi connectivity index (χ2n) is 3.94. The van der Waals surface area contributed by atoms with Gasteiger partial charge in [-0.2, -0.15) is 0 Å². The molecule has 2 rings (SSSR count). The van der Waals surface area contributed by atoms with Crippen LogP contribution in [0.3, 0.4) is 0 Å². The molecule has 1 aromatic carbocycles. The van der Waals surface area contributed by atoms with Crippen molar-refractivity contribution in [3.8, 4) is 5.75 Å². The molecule has 2 nitrogen and oxygen atoms in total. The second kappa shape index (κ2) is 5.73. The van der Waals surface area contributed by atoms with E-state index in [1.54, 1.807) is 7.11 Å². The molecule has 0 saturated carbocycles. The lowest BCUT2D eigenvalue weighted by molar-refractivity contribution is 0.414. The van der Waals surface area contributed by atoms with Gasteiger partial charge < -0.3 is 10.1 Å². The maximum Gasteiger partial charge on any atom is 0.119 e. The van der Waals surface area contributed by atoms with Crippen molar-refractivity contribution < 1.29 is 4.74 Å². The van der Waals surface area contributed by atoms with Crippen molar-refractivity contribution in [2.45, 2.75) is 13.3 Å². The first-order valence-corrected chi connectivity index (χ1v) is 6.58. The minimum absolute atomic E-state index is 0.909. The molecule has 1 heterocycles. The first kappa shape index (κ1) is 12.0. The van der Waals surface area contributed by atoms with Crippen LogP contribution < -0.4 is 10.1 Å². The standard InChI is InChI=1S/C14H17NOS/c1-11-10-12(16-2)5-6-14(11)15-8-7-13-4-3-9-17-13/h3-6,9-10,15H,7-8H2,1-2H3. The van der Waals surface area contributed by atoms with Crippen molar-refractivity contribution >= 4 is 17.0 Å². The quantitative estimate of drug-likeness (QED) is 0.869. The van der Waals surface area contributed by atoms with Gasteiger partial charge in [0.1, 0.15) is 5.75 Å². The number of anilines is 1. The molecule has 2 aromatic rings. The molecule has 0 aliphatic rings. The lowest BCUT2D eigenvalue weighted by Crippen LogP contribution is -2.05. The highest BCUT2D eigenvalue weighted by Gasteiger charge is 2.00. The highest BCUT2D eigenvalue weighted by Crippen LogP contribution is 2.21. The molecule has 0 saturated heterocycles. The van der Waals surface area contributed by atoms with Crippen molar-refractivity contribution in [3.63, 3.8) is 0 Å². The van der Waals surface area contributed by atoms with Gasteiger partial charge >= 0.3 is 0 Å². The molecule has 17 heavy (non-hydrogen) atoms. The Morgan fingerprint density at radius 3 is 2.82 bits per heavy atom. The van der Waals surface area contributed by atoms with Crippen LogP contribution in [0.2, 0.25) is 0 Å². The Morgan fingerprint density at radius 1 is 1.29 bits per heavy atom. The Morgan fingerprint density at radius 2 is 2.18 bits per heavy atom. The van der Waals surface area contributed by atoms with Crippen molar-refractivity contribution in [1.82, 2.24) is 0 Å². The Bertz CT molecular complexity index is 465. The highest BCUT2D eigenvalue weighted by atomic mass is 32.1. The van der Waals surface area contributed by atoms with E-state index in [1.807, 2.05) is 23.5 Å². The van der Waals surface area contributed by atoms with E-state index in [2.05, 4.69) is 35.8 Å². The number of hydrogen-bond donors (Lipinski definition) is 1. The van der Waals surface area contributed by atoms with Gasteiger partial charge in [0.2, 0.25) is 0 Å². The average Bonchev–Trinajstić information content (AvgIpc) is 2.84. The third-order valence-electron chi connectivity index (χ3n) is 2.70. The molecule has 0 aliphatic heterocycles. The van der Waals surface area contributed by atoms with Gasteiger partial charge in [0.25, 0.3) is 0 Å². The number of rotatable bonds is 5. The van der Waals surface area contributed by atoms with Crippen LogP contribution in [-0.2, 0) is 6.42 Å². The van der Waals surface area contributed by atoms with Gasteiger partial charge in [0.05, 0.1) is 7.11 Å². The Labute approximate surface area is 106 Å². The fourth-order valence-corrected chi connectivity index (χ4v) is 2.45.